The first-order chi connectivity index (χ1) is 7.92. The number of aromatic nitrogens is 2. The van der Waals surface area contributed by atoms with Crippen LogP contribution < -0.4 is 0 Å². The highest BCUT2D eigenvalue weighted by Crippen LogP contribution is 2.47. The second-order valence-electron chi connectivity index (χ2n) is 5.41. The van der Waals surface area contributed by atoms with Gasteiger partial charge in [-0.15, -0.1) is 0 Å². The second-order valence-corrected chi connectivity index (χ2v) is 5.82. The summed E-state index contributed by atoms with van der Waals surface area (Å²) in [6, 6.07) is 0. The summed E-state index contributed by atoms with van der Waals surface area (Å²) >= 11 is 6.15. The van der Waals surface area contributed by atoms with E-state index in [2.05, 4.69) is 16.9 Å². The van der Waals surface area contributed by atoms with Crippen molar-refractivity contribution in [2.45, 2.75) is 31.9 Å². The molecule has 0 amide bonds. The summed E-state index contributed by atoms with van der Waals surface area (Å²) in [4.78, 5) is 2.09. The molecule has 1 heterocycles. The summed E-state index contributed by atoms with van der Waals surface area (Å²) in [6.07, 6.45) is 3.19. The molecule has 0 radical (unpaired) electrons. The Balaban J connectivity index is 2.18. The van der Waals surface area contributed by atoms with Crippen LogP contribution in [-0.4, -0.2) is 40.4 Å². The van der Waals surface area contributed by atoms with Gasteiger partial charge in [-0.2, -0.15) is 5.10 Å². The highest BCUT2D eigenvalue weighted by Gasteiger charge is 2.45. The highest BCUT2D eigenvalue weighted by molar-refractivity contribution is 6.31. The molecule has 0 unspecified atom stereocenters. The molecular weight excluding hydrogens is 238 g/mol. The Bertz CT molecular complexity index is 396. The zero-order chi connectivity index (χ0) is 12.6. The lowest BCUT2D eigenvalue weighted by Gasteiger charge is -2.42. The van der Waals surface area contributed by atoms with E-state index < -0.39 is 5.60 Å². The molecule has 1 aliphatic carbocycles. The smallest absolute Gasteiger partial charge is 0.108 e. The molecule has 1 aliphatic rings. The van der Waals surface area contributed by atoms with Gasteiger partial charge in [-0.3, -0.25) is 4.68 Å². The maximum absolute atomic E-state index is 10.5. The molecule has 1 N–H and O–H groups in total. The molecule has 0 bridgehead atoms. The van der Waals surface area contributed by atoms with Gasteiger partial charge < -0.3 is 10.0 Å². The van der Waals surface area contributed by atoms with Crippen LogP contribution in [0.25, 0.3) is 0 Å². The van der Waals surface area contributed by atoms with Gasteiger partial charge in [0, 0.05) is 6.54 Å². The van der Waals surface area contributed by atoms with Crippen LogP contribution in [0.2, 0.25) is 5.02 Å². The van der Waals surface area contributed by atoms with Gasteiger partial charge in [0.15, 0.2) is 0 Å². The molecule has 1 aromatic heterocycles. The maximum Gasteiger partial charge on any atom is 0.108 e. The Labute approximate surface area is 107 Å². The Morgan fingerprint density at radius 2 is 2.24 bits per heavy atom. The van der Waals surface area contributed by atoms with Crippen molar-refractivity contribution >= 4 is 11.6 Å². The van der Waals surface area contributed by atoms with E-state index in [0.717, 1.165) is 31.6 Å². The molecule has 0 aromatic carbocycles. The third-order valence-corrected chi connectivity index (χ3v) is 3.64. The number of hydrogen-bond acceptors (Lipinski definition) is 3. The quantitative estimate of drug-likeness (QED) is 0.893. The molecule has 0 atom stereocenters. The van der Waals surface area contributed by atoms with Gasteiger partial charge in [0.25, 0.3) is 0 Å². The Hall–Kier alpha value is -0.580. The fraction of sp³-hybridized carbons (Fsp3) is 0.750. The predicted molar refractivity (Wildman–Crippen MR) is 68.1 cm³/mol. The fourth-order valence-electron chi connectivity index (χ4n) is 2.58. The average Bonchev–Trinajstić information content (AvgIpc) is 2.55. The lowest BCUT2D eigenvalue weighted by Crippen LogP contribution is -2.42. The van der Waals surface area contributed by atoms with Crippen molar-refractivity contribution in [3.8, 4) is 0 Å². The molecule has 17 heavy (non-hydrogen) atoms. The minimum atomic E-state index is -0.765. The van der Waals surface area contributed by atoms with Crippen molar-refractivity contribution in [1.82, 2.24) is 14.7 Å². The van der Waals surface area contributed by atoms with Crippen LogP contribution in [0, 0.1) is 5.92 Å². The minimum Gasteiger partial charge on any atom is -0.383 e. The first-order valence-corrected chi connectivity index (χ1v) is 6.39. The van der Waals surface area contributed by atoms with Crippen LogP contribution >= 0.6 is 11.6 Å². The van der Waals surface area contributed by atoms with Crippen LogP contribution in [0.4, 0.5) is 0 Å². The van der Waals surface area contributed by atoms with Crippen molar-refractivity contribution in [3.05, 3.63) is 16.9 Å². The van der Waals surface area contributed by atoms with Crippen molar-refractivity contribution in [3.63, 3.8) is 0 Å². The summed E-state index contributed by atoms with van der Waals surface area (Å²) < 4.78 is 1.84. The zero-order valence-corrected chi connectivity index (χ0v) is 11.4. The summed E-state index contributed by atoms with van der Waals surface area (Å²) in [7, 11) is 4.04. The number of rotatable bonds is 4. The predicted octanol–water partition coefficient (Wildman–Crippen LogP) is 1.72. The SMILES string of the molecule is CC1CC(O)(c2c(Cl)cnn2CCN(C)C)C1. The Morgan fingerprint density at radius 1 is 1.59 bits per heavy atom. The lowest BCUT2D eigenvalue weighted by molar-refractivity contribution is -0.0805. The van der Waals surface area contributed by atoms with E-state index in [1.54, 1.807) is 6.20 Å². The molecule has 1 aromatic rings. The second kappa shape index (κ2) is 4.59. The number of aliphatic hydroxyl groups is 1. The third kappa shape index (κ3) is 2.49. The summed E-state index contributed by atoms with van der Waals surface area (Å²) in [6.45, 7) is 3.78. The van der Waals surface area contributed by atoms with Crippen LogP contribution in [0.5, 0.6) is 0 Å². The largest absolute Gasteiger partial charge is 0.383 e. The van der Waals surface area contributed by atoms with Gasteiger partial charge in [0.1, 0.15) is 5.60 Å². The zero-order valence-electron chi connectivity index (χ0n) is 10.6. The van der Waals surface area contributed by atoms with E-state index in [9.17, 15) is 5.11 Å². The normalized spacial score (nSPS) is 28.5. The van der Waals surface area contributed by atoms with E-state index in [4.69, 9.17) is 11.6 Å². The molecule has 1 saturated carbocycles. The third-order valence-electron chi connectivity index (χ3n) is 3.37. The van der Waals surface area contributed by atoms with Crippen molar-refractivity contribution in [2.75, 3.05) is 20.6 Å². The van der Waals surface area contributed by atoms with Crippen LogP contribution in [-0.2, 0) is 12.1 Å². The molecule has 5 heteroatoms. The van der Waals surface area contributed by atoms with Crippen LogP contribution in [0.1, 0.15) is 25.5 Å². The van der Waals surface area contributed by atoms with E-state index in [1.165, 1.54) is 0 Å². The van der Waals surface area contributed by atoms with E-state index in [-0.39, 0.29) is 0 Å². The van der Waals surface area contributed by atoms with Crippen LogP contribution in [0.15, 0.2) is 6.20 Å². The number of likely N-dealkylation sites (N-methyl/N-ethyl adjacent to an activating group) is 1. The van der Waals surface area contributed by atoms with Gasteiger partial charge in [0.2, 0.25) is 0 Å². The Morgan fingerprint density at radius 3 is 2.76 bits per heavy atom. The fourth-order valence-corrected chi connectivity index (χ4v) is 2.89. The lowest BCUT2D eigenvalue weighted by atomic mass is 9.70. The molecule has 96 valence electrons. The number of nitrogens with zero attached hydrogens (tertiary/aromatic N) is 3. The van der Waals surface area contributed by atoms with E-state index in [0.29, 0.717) is 10.9 Å². The monoisotopic (exact) mass is 257 g/mol. The van der Waals surface area contributed by atoms with Crippen LogP contribution in [0.3, 0.4) is 0 Å². The summed E-state index contributed by atoms with van der Waals surface area (Å²) in [5.41, 5.74) is 0.0263. The summed E-state index contributed by atoms with van der Waals surface area (Å²) in [5.74, 6) is 0.563. The average molecular weight is 258 g/mol. The molecule has 0 spiro atoms. The van der Waals surface area contributed by atoms with E-state index in [1.807, 2.05) is 18.8 Å². The molecular formula is C12H20ClN3O. The van der Waals surface area contributed by atoms with Gasteiger partial charge in [0.05, 0.1) is 23.5 Å². The molecule has 1 fully saturated rings. The minimum absolute atomic E-state index is 0.563. The van der Waals surface area contributed by atoms with Crippen molar-refractivity contribution < 1.29 is 5.11 Å². The topological polar surface area (TPSA) is 41.3 Å². The summed E-state index contributed by atoms with van der Waals surface area (Å²) in [5, 5.41) is 15.3. The standard InChI is InChI=1S/C12H20ClN3O/c1-9-6-12(17,7-9)11-10(13)8-14-16(11)5-4-15(2)3/h8-9,17H,4-7H2,1-3H3. The number of halogens is 1. The van der Waals surface area contributed by atoms with Gasteiger partial charge in [-0.05, 0) is 32.9 Å². The maximum atomic E-state index is 10.5. The first kappa shape index (κ1) is 12.9. The van der Waals surface area contributed by atoms with Gasteiger partial charge in [-0.25, -0.2) is 0 Å². The first-order valence-electron chi connectivity index (χ1n) is 6.01. The molecule has 4 nitrogen and oxygen atoms in total. The van der Waals surface area contributed by atoms with Crippen molar-refractivity contribution in [2.24, 2.45) is 5.92 Å². The van der Waals surface area contributed by atoms with Gasteiger partial charge in [-0.1, -0.05) is 18.5 Å². The van der Waals surface area contributed by atoms with E-state index >= 15 is 0 Å². The molecule has 0 aliphatic heterocycles. The molecule has 0 saturated heterocycles. The Kier molecular flexibility index (Phi) is 3.48. The van der Waals surface area contributed by atoms with Crippen molar-refractivity contribution in [1.29, 1.82) is 0 Å². The van der Waals surface area contributed by atoms with Gasteiger partial charge >= 0.3 is 0 Å². The number of hydrogen-bond donors (Lipinski definition) is 1. The molecule has 2 rings (SSSR count). The highest BCUT2D eigenvalue weighted by atomic mass is 35.5.